The number of fused-ring (bicyclic) bond motifs is 1. The second kappa shape index (κ2) is 4.04. The fourth-order valence-electron chi connectivity index (χ4n) is 1.40. The molecule has 1 heterocycles. The first kappa shape index (κ1) is 10.2. The van der Waals surface area contributed by atoms with E-state index >= 15 is 0 Å². The molecule has 0 saturated heterocycles. The van der Waals surface area contributed by atoms with Gasteiger partial charge >= 0.3 is 0 Å². The molecule has 0 aliphatic rings. The molecular weight excluding hydrogens is 232 g/mol. The van der Waals surface area contributed by atoms with Crippen LogP contribution in [0.5, 0.6) is 5.75 Å². The third-order valence-electron chi connectivity index (χ3n) is 2.02. The van der Waals surface area contributed by atoms with E-state index in [1.165, 1.54) is 15.0 Å². The van der Waals surface area contributed by atoms with Gasteiger partial charge < -0.3 is 4.74 Å². The Morgan fingerprint density at radius 1 is 1.43 bits per heavy atom. The first-order valence-electron chi connectivity index (χ1n) is 4.09. The van der Waals surface area contributed by atoms with Gasteiger partial charge in [-0.1, -0.05) is 0 Å². The molecule has 0 bridgehead atoms. The van der Waals surface area contributed by atoms with Gasteiger partial charge in [-0.05, 0) is 29.8 Å². The molecule has 1 aromatic heterocycles. The number of thioether (sulfide) groups is 1. The molecule has 2 aromatic rings. The average molecular weight is 242 g/mol. The first-order chi connectivity index (χ1) is 6.76. The molecule has 0 aliphatic carbocycles. The van der Waals surface area contributed by atoms with Gasteiger partial charge in [0.25, 0.3) is 0 Å². The van der Waals surface area contributed by atoms with Gasteiger partial charge in [-0.3, -0.25) is 0 Å². The Balaban J connectivity index is 2.75. The average Bonchev–Trinajstić information content (AvgIpc) is 2.56. The van der Waals surface area contributed by atoms with Crippen molar-refractivity contribution in [1.29, 1.82) is 0 Å². The summed E-state index contributed by atoms with van der Waals surface area (Å²) in [6, 6.07) is 6.17. The normalized spacial score (nSPS) is 10.8. The molecule has 1 nitrogen and oxygen atoms in total. The van der Waals surface area contributed by atoms with Crippen molar-refractivity contribution in [2.24, 2.45) is 0 Å². The van der Waals surface area contributed by atoms with Gasteiger partial charge in [0.1, 0.15) is 5.75 Å². The van der Waals surface area contributed by atoms with Gasteiger partial charge in [-0.15, -0.1) is 35.7 Å². The maximum absolute atomic E-state index is 5.31. The number of rotatable bonds is 2. The Labute approximate surface area is 96.9 Å². The maximum atomic E-state index is 5.31. The lowest BCUT2D eigenvalue weighted by atomic mass is 10.2. The van der Waals surface area contributed by atoms with E-state index in [0.29, 0.717) is 0 Å². The second-order valence-corrected chi connectivity index (χ2v) is 5.46. The lowest BCUT2D eigenvalue weighted by molar-refractivity contribution is 0.406. The lowest BCUT2D eigenvalue weighted by Crippen LogP contribution is -1.84. The summed E-state index contributed by atoms with van der Waals surface area (Å²) in [7, 11) is 1.70. The Morgan fingerprint density at radius 2 is 2.21 bits per heavy atom. The summed E-state index contributed by atoms with van der Waals surface area (Å²) >= 11 is 7.77. The summed E-state index contributed by atoms with van der Waals surface area (Å²) in [6.07, 6.45) is 2.06. The zero-order chi connectivity index (χ0) is 10.1. The number of thiophene rings is 1. The van der Waals surface area contributed by atoms with Crippen LogP contribution < -0.4 is 4.74 Å². The molecule has 0 fully saturated rings. The summed E-state index contributed by atoms with van der Waals surface area (Å²) in [6.45, 7) is 0. The lowest BCUT2D eigenvalue weighted by Gasteiger charge is -2.06. The molecule has 0 saturated carbocycles. The minimum absolute atomic E-state index is 0.945. The Bertz CT molecular complexity index is 462. The van der Waals surface area contributed by atoms with Crippen LogP contribution in [0.15, 0.2) is 27.3 Å². The van der Waals surface area contributed by atoms with Gasteiger partial charge in [0.05, 0.1) is 20.9 Å². The van der Waals surface area contributed by atoms with Crippen LogP contribution in [0.4, 0.5) is 0 Å². The smallest absolute Gasteiger partial charge is 0.133 e. The molecule has 0 spiro atoms. The van der Waals surface area contributed by atoms with Crippen LogP contribution in [0.1, 0.15) is 0 Å². The van der Waals surface area contributed by atoms with E-state index in [1.54, 1.807) is 30.2 Å². The van der Waals surface area contributed by atoms with E-state index in [-0.39, 0.29) is 0 Å². The fraction of sp³-hybridized carbons (Fsp3) is 0.200. The molecule has 2 rings (SSSR count). The molecule has 14 heavy (non-hydrogen) atoms. The highest BCUT2D eigenvalue weighted by Gasteiger charge is 2.09. The predicted molar refractivity (Wildman–Crippen MR) is 67.4 cm³/mol. The van der Waals surface area contributed by atoms with Crippen molar-refractivity contribution in [3.63, 3.8) is 0 Å². The number of methoxy groups -OCH3 is 1. The van der Waals surface area contributed by atoms with Gasteiger partial charge in [0.2, 0.25) is 0 Å². The molecular formula is C10H10OS3. The van der Waals surface area contributed by atoms with Crippen LogP contribution >= 0.6 is 35.7 Å². The van der Waals surface area contributed by atoms with Crippen molar-refractivity contribution < 1.29 is 4.74 Å². The van der Waals surface area contributed by atoms with Crippen molar-refractivity contribution >= 4 is 45.8 Å². The van der Waals surface area contributed by atoms with E-state index in [1.807, 2.05) is 6.07 Å². The summed E-state index contributed by atoms with van der Waals surface area (Å²) in [5, 5.41) is 1.24. The number of hydrogen-bond donors (Lipinski definition) is 1. The Kier molecular flexibility index (Phi) is 2.95. The van der Waals surface area contributed by atoms with E-state index in [2.05, 4.69) is 31.0 Å². The number of ether oxygens (including phenoxy) is 1. The summed E-state index contributed by atoms with van der Waals surface area (Å²) in [5.41, 5.74) is 0. The third-order valence-corrected chi connectivity index (χ3v) is 4.33. The number of thiol groups is 1. The van der Waals surface area contributed by atoms with Gasteiger partial charge in [-0.2, -0.15) is 0 Å². The minimum atomic E-state index is 0.945. The molecule has 1 aromatic carbocycles. The van der Waals surface area contributed by atoms with Gasteiger partial charge in [0, 0.05) is 0 Å². The van der Waals surface area contributed by atoms with Crippen molar-refractivity contribution in [3.05, 3.63) is 18.2 Å². The molecule has 0 N–H and O–H groups in total. The molecule has 0 unspecified atom stereocenters. The quantitative estimate of drug-likeness (QED) is 0.631. The highest BCUT2D eigenvalue weighted by atomic mass is 32.2. The maximum Gasteiger partial charge on any atom is 0.133 e. The van der Waals surface area contributed by atoms with Crippen molar-refractivity contribution in [2.45, 2.75) is 9.10 Å². The summed E-state index contributed by atoms with van der Waals surface area (Å²) < 4.78 is 7.63. The first-order valence-corrected chi connectivity index (χ1v) is 6.58. The molecule has 74 valence electrons. The van der Waals surface area contributed by atoms with Crippen molar-refractivity contribution in [3.8, 4) is 5.75 Å². The van der Waals surface area contributed by atoms with Gasteiger partial charge in [-0.25, -0.2) is 0 Å². The van der Waals surface area contributed by atoms with Crippen LogP contribution in [0.3, 0.4) is 0 Å². The fourth-order valence-corrected chi connectivity index (χ4v) is 3.68. The Morgan fingerprint density at radius 3 is 2.86 bits per heavy atom. The summed E-state index contributed by atoms with van der Waals surface area (Å²) in [5.74, 6) is 0.945. The number of benzene rings is 1. The Hall–Kier alpha value is -0.320. The van der Waals surface area contributed by atoms with Crippen LogP contribution in [0, 0.1) is 0 Å². The van der Waals surface area contributed by atoms with Crippen LogP contribution in [0.25, 0.3) is 10.1 Å². The van der Waals surface area contributed by atoms with E-state index < -0.39 is 0 Å². The molecule has 4 heteroatoms. The topological polar surface area (TPSA) is 9.23 Å². The van der Waals surface area contributed by atoms with Crippen molar-refractivity contribution in [1.82, 2.24) is 0 Å². The molecule has 0 radical (unpaired) electrons. The number of hydrogen-bond acceptors (Lipinski definition) is 4. The predicted octanol–water partition coefficient (Wildman–Crippen LogP) is 3.92. The molecule has 0 aliphatic heterocycles. The van der Waals surface area contributed by atoms with E-state index in [0.717, 1.165) is 9.96 Å². The molecule has 0 atom stereocenters. The summed E-state index contributed by atoms with van der Waals surface area (Å²) in [4.78, 5) is 1.20. The minimum Gasteiger partial charge on any atom is -0.496 e. The second-order valence-electron chi connectivity index (χ2n) is 2.80. The van der Waals surface area contributed by atoms with Crippen molar-refractivity contribution in [2.75, 3.05) is 13.4 Å². The third kappa shape index (κ3) is 1.62. The highest BCUT2D eigenvalue weighted by molar-refractivity contribution is 7.99. The van der Waals surface area contributed by atoms with E-state index in [9.17, 15) is 0 Å². The monoisotopic (exact) mass is 242 g/mol. The van der Waals surface area contributed by atoms with E-state index in [4.69, 9.17) is 4.74 Å². The largest absolute Gasteiger partial charge is 0.496 e. The van der Waals surface area contributed by atoms with Crippen LogP contribution in [0.2, 0.25) is 0 Å². The molecule has 0 amide bonds. The highest BCUT2D eigenvalue weighted by Crippen LogP contribution is 2.40. The van der Waals surface area contributed by atoms with Crippen LogP contribution in [-0.4, -0.2) is 13.4 Å². The van der Waals surface area contributed by atoms with Gasteiger partial charge in [0.15, 0.2) is 0 Å². The standard InChI is InChI=1S/C10H10OS3/c1-11-7-4-3-6-5-8(12)14-9(6)10(7)13-2/h3-5,12H,1-2H3. The van der Waals surface area contributed by atoms with Crippen LogP contribution in [-0.2, 0) is 0 Å². The SMILES string of the molecule is COc1ccc2cc(S)sc2c1SC. The zero-order valence-electron chi connectivity index (χ0n) is 7.90. The zero-order valence-corrected chi connectivity index (χ0v) is 10.4.